The van der Waals surface area contributed by atoms with Gasteiger partial charge < -0.3 is 19.1 Å². The second-order valence-electron chi connectivity index (χ2n) is 8.82. The minimum atomic E-state index is -0.523. The molecule has 10 heteroatoms. The standard InChI is InChI=1S/C30H28BrClN2O5S/c1-4-19-9-11-23(12-10-19)34-29(36)25(33(30(34)40)17-27(35)37-3)15-21-14-24(31)28(26(16-21)38-5-2)39-18-20-7-6-8-22(32)13-20/h6-16H,4-5,17-18H2,1-3H3/b25-15-. The van der Waals surface area contributed by atoms with E-state index in [1.165, 1.54) is 16.9 Å². The van der Waals surface area contributed by atoms with E-state index in [1.54, 1.807) is 18.2 Å². The van der Waals surface area contributed by atoms with Crippen molar-refractivity contribution in [1.29, 1.82) is 0 Å². The van der Waals surface area contributed by atoms with Gasteiger partial charge in [-0.1, -0.05) is 42.8 Å². The number of hydrogen-bond donors (Lipinski definition) is 0. The third-order valence-electron chi connectivity index (χ3n) is 6.16. The molecule has 0 N–H and O–H groups in total. The molecule has 1 aliphatic heterocycles. The summed E-state index contributed by atoms with van der Waals surface area (Å²) >= 11 is 15.4. The van der Waals surface area contributed by atoms with Gasteiger partial charge in [-0.15, -0.1) is 0 Å². The number of nitrogens with zero attached hydrogens (tertiary/aromatic N) is 2. The number of rotatable bonds is 10. The van der Waals surface area contributed by atoms with Gasteiger partial charge in [0.25, 0.3) is 5.91 Å². The smallest absolute Gasteiger partial charge is 0.325 e. The molecule has 0 atom stereocenters. The lowest BCUT2D eigenvalue weighted by Gasteiger charge is -2.19. The summed E-state index contributed by atoms with van der Waals surface area (Å²) in [5, 5.41) is 0.814. The summed E-state index contributed by atoms with van der Waals surface area (Å²) < 4.78 is 17.5. The summed E-state index contributed by atoms with van der Waals surface area (Å²) in [5.41, 5.74) is 3.54. The van der Waals surface area contributed by atoms with E-state index in [4.69, 9.17) is 38.0 Å². The molecule has 0 spiro atoms. The van der Waals surface area contributed by atoms with Crippen LogP contribution in [0.5, 0.6) is 11.5 Å². The average Bonchev–Trinajstić information content (AvgIpc) is 3.16. The summed E-state index contributed by atoms with van der Waals surface area (Å²) in [7, 11) is 1.29. The van der Waals surface area contributed by atoms with Crippen molar-refractivity contribution in [2.75, 3.05) is 25.2 Å². The maximum absolute atomic E-state index is 13.7. The molecule has 4 rings (SSSR count). The number of thiocarbonyl (C=S) groups is 1. The highest BCUT2D eigenvalue weighted by atomic mass is 79.9. The number of ether oxygens (including phenoxy) is 3. The Labute approximate surface area is 252 Å². The number of aryl methyl sites for hydroxylation is 1. The quantitative estimate of drug-likeness (QED) is 0.137. The first-order valence-corrected chi connectivity index (χ1v) is 14.2. The highest BCUT2D eigenvalue weighted by molar-refractivity contribution is 9.10. The Balaban J connectivity index is 1.70. The molecule has 0 bridgehead atoms. The number of methoxy groups -OCH3 is 1. The molecular formula is C30H28BrClN2O5S. The summed E-state index contributed by atoms with van der Waals surface area (Å²) in [4.78, 5) is 28.9. The van der Waals surface area contributed by atoms with Gasteiger partial charge in [-0.3, -0.25) is 14.5 Å². The van der Waals surface area contributed by atoms with Crippen LogP contribution in [0.1, 0.15) is 30.5 Å². The van der Waals surface area contributed by atoms with Crippen molar-refractivity contribution in [3.63, 3.8) is 0 Å². The van der Waals surface area contributed by atoms with Crippen molar-refractivity contribution in [2.24, 2.45) is 0 Å². The number of esters is 1. The van der Waals surface area contributed by atoms with E-state index >= 15 is 0 Å². The van der Waals surface area contributed by atoms with Crippen LogP contribution in [-0.4, -0.2) is 42.2 Å². The Morgan fingerprint density at radius 1 is 1.05 bits per heavy atom. The SMILES string of the molecule is CCOc1cc(/C=C2/C(=O)N(c3ccc(CC)cc3)C(=S)N2CC(=O)OC)cc(Br)c1OCc1cccc(Cl)c1. The molecule has 3 aromatic carbocycles. The molecule has 0 aliphatic carbocycles. The molecule has 0 unspecified atom stereocenters. The average molecular weight is 644 g/mol. The second kappa shape index (κ2) is 13.3. The summed E-state index contributed by atoms with van der Waals surface area (Å²) in [6.07, 6.45) is 2.54. The number of benzene rings is 3. The fourth-order valence-corrected chi connectivity index (χ4v) is 5.29. The highest BCUT2D eigenvalue weighted by Gasteiger charge is 2.40. The van der Waals surface area contributed by atoms with Crippen molar-refractivity contribution in [1.82, 2.24) is 4.90 Å². The minimum Gasteiger partial charge on any atom is -0.490 e. The van der Waals surface area contributed by atoms with Crippen molar-refractivity contribution in [3.05, 3.63) is 92.5 Å². The maximum Gasteiger partial charge on any atom is 0.325 e. The Morgan fingerprint density at radius 3 is 2.45 bits per heavy atom. The fourth-order valence-electron chi connectivity index (χ4n) is 4.15. The molecule has 0 saturated carbocycles. The van der Waals surface area contributed by atoms with Gasteiger partial charge in [-0.2, -0.15) is 0 Å². The molecule has 3 aromatic rings. The molecule has 1 aliphatic rings. The molecule has 1 fully saturated rings. The lowest BCUT2D eigenvalue weighted by Crippen LogP contribution is -2.35. The van der Waals surface area contributed by atoms with Gasteiger partial charge in [0.15, 0.2) is 16.6 Å². The molecule has 1 amide bonds. The van der Waals surface area contributed by atoms with Crippen LogP contribution in [0.4, 0.5) is 5.69 Å². The van der Waals surface area contributed by atoms with E-state index in [9.17, 15) is 9.59 Å². The highest BCUT2D eigenvalue weighted by Crippen LogP contribution is 2.39. The molecule has 1 heterocycles. The van der Waals surface area contributed by atoms with E-state index in [1.807, 2.05) is 55.5 Å². The Bertz CT molecular complexity index is 1460. The Kier molecular flexibility index (Phi) is 9.84. The minimum absolute atomic E-state index is 0.191. The van der Waals surface area contributed by atoms with Gasteiger partial charge in [0.1, 0.15) is 18.8 Å². The lowest BCUT2D eigenvalue weighted by atomic mass is 10.1. The van der Waals surface area contributed by atoms with E-state index in [0.717, 1.165) is 17.5 Å². The van der Waals surface area contributed by atoms with Crippen LogP contribution in [0, 0.1) is 0 Å². The molecule has 208 valence electrons. The molecule has 40 heavy (non-hydrogen) atoms. The number of carbonyl (C=O) groups is 2. The van der Waals surface area contributed by atoms with Crippen LogP contribution in [-0.2, 0) is 27.4 Å². The van der Waals surface area contributed by atoms with E-state index in [-0.39, 0.29) is 29.9 Å². The van der Waals surface area contributed by atoms with Crippen LogP contribution >= 0.6 is 39.7 Å². The third-order valence-corrected chi connectivity index (χ3v) is 7.39. The zero-order chi connectivity index (χ0) is 28.8. The second-order valence-corrected chi connectivity index (χ2v) is 10.5. The number of halogens is 2. The Morgan fingerprint density at radius 2 is 1.80 bits per heavy atom. The first-order valence-electron chi connectivity index (χ1n) is 12.6. The Hall–Kier alpha value is -3.40. The first-order chi connectivity index (χ1) is 19.2. The number of amides is 1. The first kappa shape index (κ1) is 29.6. The van der Waals surface area contributed by atoms with Gasteiger partial charge >= 0.3 is 5.97 Å². The molecule has 0 aromatic heterocycles. The summed E-state index contributed by atoms with van der Waals surface area (Å²) in [6.45, 7) is 4.40. The van der Waals surface area contributed by atoms with Crippen molar-refractivity contribution >= 4 is 68.5 Å². The van der Waals surface area contributed by atoms with Gasteiger partial charge in [0, 0.05) is 5.02 Å². The van der Waals surface area contributed by atoms with Crippen LogP contribution in [0.3, 0.4) is 0 Å². The van der Waals surface area contributed by atoms with Gasteiger partial charge in [0.05, 0.1) is 23.9 Å². The molecule has 0 radical (unpaired) electrons. The van der Waals surface area contributed by atoms with Crippen molar-refractivity contribution < 1.29 is 23.8 Å². The monoisotopic (exact) mass is 642 g/mol. The molecular weight excluding hydrogens is 616 g/mol. The van der Waals surface area contributed by atoms with Gasteiger partial charge in [-0.05, 0) is 101 Å². The predicted molar refractivity (Wildman–Crippen MR) is 164 cm³/mol. The third kappa shape index (κ3) is 6.66. The lowest BCUT2D eigenvalue weighted by molar-refractivity contribution is -0.140. The zero-order valence-corrected chi connectivity index (χ0v) is 25.4. The molecule has 7 nitrogen and oxygen atoms in total. The largest absolute Gasteiger partial charge is 0.490 e. The van der Waals surface area contributed by atoms with Gasteiger partial charge in [-0.25, -0.2) is 0 Å². The van der Waals surface area contributed by atoms with E-state index < -0.39 is 5.97 Å². The zero-order valence-electron chi connectivity index (χ0n) is 22.3. The van der Waals surface area contributed by atoms with Crippen LogP contribution in [0.25, 0.3) is 6.08 Å². The van der Waals surface area contributed by atoms with E-state index in [0.29, 0.717) is 38.9 Å². The maximum atomic E-state index is 13.7. The number of carbonyl (C=O) groups excluding carboxylic acids is 2. The summed E-state index contributed by atoms with van der Waals surface area (Å²) in [5.74, 6) is 0.130. The van der Waals surface area contributed by atoms with Crippen molar-refractivity contribution in [3.8, 4) is 11.5 Å². The topological polar surface area (TPSA) is 68.3 Å². The van der Waals surface area contributed by atoms with Gasteiger partial charge in [0.2, 0.25) is 0 Å². The predicted octanol–water partition coefficient (Wildman–Crippen LogP) is 6.79. The van der Waals surface area contributed by atoms with E-state index in [2.05, 4.69) is 22.9 Å². The fraction of sp³-hybridized carbons (Fsp3) is 0.233. The number of hydrogen-bond acceptors (Lipinski definition) is 6. The van der Waals surface area contributed by atoms with Crippen molar-refractivity contribution in [2.45, 2.75) is 26.9 Å². The van der Waals surface area contributed by atoms with Crippen LogP contribution in [0.2, 0.25) is 5.02 Å². The summed E-state index contributed by atoms with van der Waals surface area (Å²) in [6, 6.07) is 18.6. The number of anilines is 1. The normalized spacial score (nSPS) is 14.2. The molecule has 1 saturated heterocycles. The van der Waals surface area contributed by atoms with Crippen LogP contribution in [0.15, 0.2) is 70.8 Å². The van der Waals surface area contributed by atoms with Crippen LogP contribution < -0.4 is 14.4 Å².